The highest BCUT2D eigenvalue weighted by molar-refractivity contribution is 5.04. The van der Waals surface area contributed by atoms with Gasteiger partial charge in [-0.15, -0.1) is 0 Å². The summed E-state index contributed by atoms with van der Waals surface area (Å²) < 4.78 is 5.11. The minimum atomic E-state index is 0.978. The molecule has 0 amide bonds. The summed E-state index contributed by atoms with van der Waals surface area (Å²) in [5.41, 5.74) is 1.13. The Kier molecular flexibility index (Phi) is 3.85. The van der Waals surface area contributed by atoms with Crippen molar-refractivity contribution in [1.82, 2.24) is 4.98 Å². The second-order valence-electron chi connectivity index (χ2n) is 3.17. The minimum Gasteiger partial charge on any atom is -0.449 e. The average molecular weight is 167 g/mol. The smallest absolute Gasteiger partial charge is 0.181 e. The van der Waals surface area contributed by atoms with E-state index < -0.39 is 0 Å². The van der Waals surface area contributed by atoms with Crippen LogP contribution in [0.25, 0.3) is 0 Å². The molecule has 1 heterocycles. The van der Waals surface area contributed by atoms with Crippen molar-refractivity contribution in [1.29, 1.82) is 0 Å². The van der Waals surface area contributed by atoms with Crippen molar-refractivity contribution < 1.29 is 4.42 Å². The molecule has 12 heavy (non-hydrogen) atoms. The third-order valence-corrected chi connectivity index (χ3v) is 2.11. The predicted octanol–water partition coefficient (Wildman–Crippen LogP) is 3.11. The summed E-state index contributed by atoms with van der Waals surface area (Å²) in [6.45, 7) is 4.20. The summed E-state index contributed by atoms with van der Waals surface area (Å²) in [7, 11) is 0. The molecule has 0 aliphatic heterocycles. The van der Waals surface area contributed by atoms with Crippen LogP contribution in [0.5, 0.6) is 0 Å². The highest BCUT2D eigenvalue weighted by Gasteiger charge is 2.01. The van der Waals surface area contributed by atoms with Crippen molar-refractivity contribution in [3.05, 3.63) is 17.8 Å². The molecule has 0 radical (unpaired) electrons. The van der Waals surface area contributed by atoms with Crippen molar-refractivity contribution in [3.8, 4) is 0 Å². The first-order chi connectivity index (χ1) is 5.84. The van der Waals surface area contributed by atoms with Crippen LogP contribution in [0.15, 0.2) is 10.8 Å². The molecular weight excluding hydrogens is 150 g/mol. The maximum absolute atomic E-state index is 5.11. The lowest BCUT2D eigenvalue weighted by Crippen LogP contribution is -1.87. The van der Waals surface area contributed by atoms with Gasteiger partial charge < -0.3 is 4.42 Å². The van der Waals surface area contributed by atoms with Crippen molar-refractivity contribution in [3.63, 3.8) is 0 Å². The molecule has 1 aromatic rings. The summed E-state index contributed by atoms with van der Waals surface area (Å²) >= 11 is 0. The predicted molar refractivity (Wildman–Crippen MR) is 49.1 cm³/mol. The zero-order valence-electron chi connectivity index (χ0n) is 7.97. The maximum atomic E-state index is 5.11. The van der Waals surface area contributed by atoms with Gasteiger partial charge in [0.1, 0.15) is 5.76 Å². The van der Waals surface area contributed by atoms with Gasteiger partial charge in [-0.2, -0.15) is 0 Å². The second kappa shape index (κ2) is 4.96. The molecule has 0 aliphatic rings. The zero-order valence-corrected chi connectivity index (χ0v) is 7.97. The molecule has 0 saturated carbocycles. The highest BCUT2D eigenvalue weighted by atomic mass is 16.3. The molecule has 0 fully saturated rings. The summed E-state index contributed by atoms with van der Waals surface area (Å²) in [5.74, 6) is 0.978. The molecule has 0 unspecified atom stereocenters. The van der Waals surface area contributed by atoms with Gasteiger partial charge in [0.15, 0.2) is 6.39 Å². The number of hydrogen-bond acceptors (Lipinski definition) is 2. The first kappa shape index (κ1) is 9.30. The van der Waals surface area contributed by atoms with E-state index in [9.17, 15) is 0 Å². The SMILES string of the molecule is CCCCCCc1ncoc1C. The van der Waals surface area contributed by atoms with E-state index in [1.165, 1.54) is 32.1 Å². The molecular formula is C10H17NO. The number of unbranched alkanes of at least 4 members (excludes halogenated alkanes) is 3. The van der Waals surface area contributed by atoms with E-state index in [0.29, 0.717) is 0 Å². The first-order valence-electron chi connectivity index (χ1n) is 4.73. The van der Waals surface area contributed by atoms with Crippen molar-refractivity contribution in [2.45, 2.75) is 46.0 Å². The fraction of sp³-hybridized carbons (Fsp3) is 0.700. The molecule has 68 valence electrons. The van der Waals surface area contributed by atoms with Crippen LogP contribution in [0.1, 0.15) is 44.1 Å². The first-order valence-corrected chi connectivity index (χ1v) is 4.73. The van der Waals surface area contributed by atoms with Gasteiger partial charge in [0, 0.05) is 0 Å². The van der Waals surface area contributed by atoms with Crippen LogP contribution in [-0.2, 0) is 6.42 Å². The molecule has 0 N–H and O–H groups in total. The molecule has 0 bridgehead atoms. The molecule has 0 spiro atoms. The van der Waals surface area contributed by atoms with Gasteiger partial charge >= 0.3 is 0 Å². The van der Waals surface area contributed by atoms with Crippen LogP contribution in [-0.4, -0.2) is 4.98 Å². The minimum absolute atomic E-state index is 0.978. The van der Waals surface area contributed by atoms with E-state index in [-0.39, 0.29) is 0 Å². The second-order valence-corrected chi connectivity index (χ2v) is 3.17. The molecule has 0 aliphatic carbocycles. The van der Waals surface area contributed by atoms with Gasteiger partial charge in [0.2, 0.25) is 0 Å². The summed E-state index contributed by atoms with van der Waals surface area (Å²) in [5, 5.41) is 0. The Labute approximate surface area is 74.0 Å². The topological polar surface area (TPSA) is 26.0 Å². The standard InChI is InChI=1S/C10H17NO/c1-3-4-5-6-7-10-9(2)12-8-11-10/h8H,3-7H2,1-2H3. The summed E-state index contributed by atoms with van der Waals surface area (Å²) in [6, 6.07) is 0. The highest BCUT2D eigenvalue weighted by Crippen LogP contribution is 2.09. The average Bonchev–Trinajstić information content (AvgIpc) is 2.46. The Morgan fingerprint density at radius 2 is 2.17 bits per heavy atom. The third kappa shape index (κ3) is 2.68. The lowest BCUT2D eigenvalue weighted by Gasteiger charge is -1.96. The lowest BCUT2D eigenvalue weighted by molar-refractivity contribution is 0.523. The van der Waals surface area contributed by atoms with Crippen LogP contribution in [0.3, 0.4) is 0 Å². The molecule has 2 heteroatoms. The van der Waals surface area contributed by atoms with E-state index in [4.69, 9.17) is 4.42 Å². The number of hydrogen-bond donors (Lipinski definition) is 0. The maximum Gasteiger partial charge on any atom is 0.181 e. The number of oxazole rings is 1. The van der Waals surface area contributed by atoms with E-state index in [0.717, 1.165) is 17.9 Å². The van der Waals surface area contributed by atoms with Crippen LogP contribution in [0.4, 0.5) is 0 Å². The molecule has 2 nitrogen and oxygen atoms in total. The van der Waals surface area contributed by atoms with Crippen molar-refractivity contribution >= 4 is 0 Å². The van der Waals surface area contributed by atoms with Gasteiger partial charge in [-0.1, -0.05) is 26.2 Å². The zero-order chi connectivity index (χ0) is 8.81. The quantitative estimate of drug-likeness (QED) is 0.630. The van der Waals surface area contributed by atoms with Crippen LogP contribution < -0.4 is 0 Å². The van der Waals surface area contributed by atoms with Gasteiger partial charge in [-0.3, -0.25) is 0 Å². The third-order valence-electron chi connectivity index (χ3n) is 2.11. The molecule has 1 rings (SSSR count). The van der Waals surface area contributed by atoms with Crippen molar-refractivity contribution in [2.24, 2.45) is 0 Å². The Morgan fingerprint density at radius 1 is 1.33 bits per heavy atom. The Hall–Kier alpha value is -0.790. The van der Waals surface area contributed by atoms with E-state index in [2.05, 4.69) is 11.9 Å². The van der Waals surface area contributed by atoms with Crippen LogP contribution >= 0.6 is 0 Å². The summed E-state index contributed by atoms with van der Waals surface area (Å²) in [6.07, 6.45) is 7.77. The fourth-order valence-corrected chi connectivity index (χ4v) is 1.29. The molecule has 0 saturated heterocycles. The number of nitrogens with zero attached hydrogens (tertiary/aromatic N) is 1. The number of aryl methyl sites for hydroxylation is 2. The van der Waals surface area contributed by atoms with Crippen LogP contribution in [0, 0.1) is 6.92 Å². The monoisotopic (exact) mass is 167 g/mol. The molecule has 0 aromatic carbocycles. The van der Waals surface area contributed by atoms with Gasteiger partial charge in [0.25, 0.3) is 0 Å². The van der Waals surface area contributed by atoms with Gasteiger partial charge in [-0.05, 0) is 19.8 Å². The molecule has 0 atom stereocenters. The Balaban J connectivity index is 2.20. The normalized spacial score (nSPS) is 10.5. The molecule has 1 aromatic heterocycles. The van der Waals surface area contributed by atoms with Crippen LogP contribution in [0.2, 0.25) is 0 Å². The van der Waals surface area contributed by atoms with Gasteiger partial charge in [-0.25, -0.2) is 4.98 Å². The van der Waals surface area contributed by atoms with Gasteiger partial charge in [0.05, 0.1) is 5.69 Å². The number of aromatic nitrogens is 1. The van der Waals surface area contributed by atoms with E-state index >= 15 is 0 Å². The number of rotatable bonds is 5. The largest absolute Gasteiger partial charge is 0.449 e. The van der Waals surface area contributed by atoms with E-state index in [1.807, 2.05) is 6.92 Å². The Bertz CT molecular complexity index is 217. The fourth-order valence-electron chi connectivity index (χ4n) is 1.29. The Morgan fingerprint density at radius 3 is 2.75 bits per heavy atom. The summed E-state index contributed by atoms with van der Waals surface area (Å²) in [4.78, 5) is 4.15. The van der Waals surface area contributed by atoms with Crippen molar-refractivity contribution in [2.75, 3.05) is 0 Å². The lowest BCUT2D eigenvalue weighted by atomic mass is 10.1. The van der Waals surface area contributed by atoms with E-state index in [1.54, 1.807) is 0 Å².